The van der Waals surface area contributed by atoms with Gasteiger partial charge in [0.25, 0.3) is 5.91 Å². The molecule has 0 fully saturated rings. The van der Waals surface area contributed by atoms with Gasteiger partial charge >= 0.3 is 5.97 Å². The Hall–Kier alpha value is -0.630. The van der Waals surface area contributed by atoms with Crippen LogP contribution in [0.25, 0.3) is 0 Å². The number of benzene rings is 1. The van der Waals surface area contributed by atoms with Gasteiger partial charge < -0.3 is 10.1 Å². The third kappa shape index (κ3) is 4.45. The first kappa shape index (κ1) is 16.4. The zero-order valence-electron chi connectivity index (χ0n) is 10.9. The molecule has 104 valence electrons. The third-order valence-corrected chi connectivity index (χ3v) is 3.94. The highest BCUT2D eigenvalue weighted by Crippen LogP contribution is 2.20. The van der Waals surface area contributed by atoms with Gasteiger partial charge in [0.05, 0.1) is 12.7 Å². The van der Waals surface area contributed by atoms with E-state index in [-0.39, 0.29) is 11.8 Å². The number of hydrogen-bond donors (Lipinski definition) is 1. The van der Waals surface area contributed by atoms with Crippen molar-refractivity contribution in [2.45, 2.75) is 19.9 Å². The molecule has 1 atom stereocenters. The maximum absolute atomic E-state index is 12.2. The Morgan fingerprint density at radius 3 is 2.53 bits per heavy atom. The smallest absolute Gasteiger partial charge is 0.328 e. The van der Waals surface area contributed by atoms with Crippen LogP contribution in [0.5, 0.6) is 0 Å². The van der Waals surface area contributed by atoms with E-state index in [0.29, 0.717) is 10.0 Å². The van der Waals surface area contributed by atoms with E-state index in [1.807, 2.05) is 19.9 Å². The minimum atomic E-state index is -0.651. The van der Waals surface area contributed by atoms with Gasteiger partial charge in [0.1, 0.15) is 6.04 Å². The predicted octanol–water partition coefficient (Wildman–Crippen LogP) is 2.98. The molecule has 1 rings (SSSR count). The van der Waals surface area contributed by atoms with Crippen molar-refractivity contribution in [1.82, 2.24) is 5.32 Å². The largest absolute Gasteiger partial charge is 0.467 e. The number of amides is 1. The molecule has 1 N–H and O–H groups in total. The van der Waals surface area contributed by atoms with Gasteiger partial charge in [-0.3, -0.25) is 4.79 Å². The monoisotopic (exact) mass is 439 g/mol. The fraction of sp³-hybridized carbons (Fsp3) is 0.385. The van der Waals surface area contributed by atoms with Crippen molar-refractivity contribution in [3.05, 3.63) is 31.8 Å². The lowest BCUT2D eigenvalue weighted by Crippen LogP contribution is -2.45. The number of methoxy groups -OCH3 is 1. The van der Waals surface area contributed by atoms with E-state index in [0.717, 1.165) is 3.57 Å². The van der Waals surface area contributed by atoms with Crippen LogP contribution in [0.4, 0.5) is 0 Å². The summed E-state index contributed by atoms with van der Waals surface area (Å²) in [6.07, 6.45) is 0. The van der Waals surface area contributed by atoms with E-state index in [4.69, 9.17) is 4.74 Å². The van der Waals surface area contributed by atoms with Crippen LogP contribution in [0.1, 0.15) is 24.2 Å². The Morgan fingerprint density at radius 1 is 1.37 bits per heavy atom. The number of halogens is 2. The molecule has 1 amide bonds. The molecule has 0 aliphatic rings. The molecule has 1 unspecified atom stereocenters. The Bertz CT molecular complexity index is 491. The molecule has 0 saturated carbocycles. The van der Waals surface area contributed by atoms with E-state index in [2.05, 4.69) is 43.8 Å². The van der Waals surface area contributed by atoms with Crippen LogP contribution in [-0.2, 0) is 9.53 Å². The Labute approximate surface area is 134 Å². The summed E-state index contributed by atoms with van der Waals surface area (Å²) in [6, 6.07) is 4.80. The number of ether oxygens (including phenoxy) is 1. The van der Waals surface area contributed by atoms with Gasteiger partial charge in [-0.1, -0.05) is 13.8 Å². The van der Waals surface area contributed by atoms with E-state index in [1.54, 1.807) is 12.1 Å². The lowest BCUT2D eigenvalue weighted by atomic mass is 10.0. The summed E-state index contributed by atoms with van der Waals surface area (Å²) >= 11 is 5.46. The molecule has 1 aromatic carbocycles. The number of esters is 1. The Kier molecular flexibility index (Phi) is 6.25. The third-order valence-electron chi connectivity index (χ3n) is 2.58. The number of hydrogen-bond acceptors (Lipinski definition) is 3. The number of nitrogens with one attached hydrogen (secondary N) is 1. The fourth-order valence-electron chi connectivity index (χ4n) is 1.52. The zero-order chi connectivity index (χ0) is 14.6. The van der Waals surface area contributed by atoms with Gasteiger partial charge in [-0.05, 0) is 62.6 Å². The van der Waals surface area contributed by atoms with Gasteiger partial charge in [0.2, 0.25) is 0 Å². The summed E-state index contributed by atoms with van der Waals surface area (Å²) in [5, 5.41) is 2.70. The predicted molar refractivity (Wildman–Crippen MR) is 85.0 cm³/mol. The average Bonchev–Trinajstić information content (AvgIpc) is 2.37. The normalized spacial score (nSPS) is 12.1. The molecule has 0 saturated heterocycles. The summed E-state index contributed by atoms with van der Waals surface area (Å²) in [7, 11) is 1.31. The quantitative estimate of drug-likeness (QED) is 0.579. The SMILES string of the molecule is COC(=O)C(NC(=O)c1cc(I)ccc1Br)C(C)C. The van der Waals surface area contributed by atoms with Crippen molar-refractivity contribution < 1.29 is 14.3 Å². The molecule has 0 heterocycles. The second kappa shape index (κ2) is 7.23. The molecule has 0 aromatic heterocycles. The topological polar surface area (TPSA) is 55.4 Å². The average molecular weight is 440 g/mol. The first-order valence-corrected chi connectivity index (χ1v) is 7.57. The zero-order valence-corrected chi connectivity index (χ0v) is 14.6. The van der Waals surface area contributed by atoms with E-state index in [1.165, 1.54) is 7.11 Å². The molecule has 6 heteroatoms. The van der Waals surface area contributed by atoms with Crippen LogP contribution in [-0.4, -0.2) is 25.0 Å². The highest BCUT2D eigenvalue weighted by Gasteiger charge is 2.26. The van der Waals surface area contributed by atoms with Crippen molar-refractivity contribution in [1.29, 1.82) is 0 Å². The van der Waals surface area contributed by atoms with E-state index in [9.17, 15) is 9.59 Å². The van der Waals surface area contributed by atoms with Crippen molar-refractivity contribution in [2.24, 2.45) is 5.92 Å². The summed E-state index contributed by atoms with van der Waals surface area (Å²) in [5.74, 6) is -0.780. The second-order valence-electron chi connectivity index (χ2n) is 4.34. The van der Waals surface area contributed by atoms with Gasteiger partial charge in [-0.25, -0.2) is 4.79 Å². The van der Waals surface area contributed by atoms with Crippen LogP contribution in [0, 0.1) is 9.49 Å². The van der Waals surface area contributed by atoms with Gasteiger partial charge in [0, 0.05) is 8.04 Å². The molecule has 1 aromatic rings. The van der Waals surface area contributed by atoms with E-state index < -0.39 is 12.0 Å². The molecule has 0 aliphatic heterocycles. The minimum Gasteiger partial charge on any atom is -0.467 e. The first-order valence-electron chi connectivity index (χ1n) is 5.70. The lowest BCUT2D eigenvalue weighted by Gasteiger charge is -2.20. The van der Waals surface area contributed by atoms with Crippen molar-refractivity contribution in [3.63, 3.8) is 0 Å². The fourth-order valence-corrected chi connectivity index (χ4v) is 2.43. The van der Waals surface area contributed by atoms with Crippen LogP contribution in [0.2, 0.25) is 0 Å². The van der Waals surface area contributed by atoms with Gasteiger partial charge in [-0.2, -0.15) is 0 Å². The summed E-state index contributed by atoms with van der Waals surface area (Å²) in [5.41, 5.74) is 0.501. The number of rotatable bonds is 4. The minimum absolute atomic E-state index is 0.0436. The standard InChI is InChI=1S/C13H15BrINO3/c1-7(2)11(13(18)19-3)16-12(17)9-6-8(15)4-5-10(9)14/h4-7,11H,1-3H3,(H,16,17). The van der Waals surface area contributed by atoms with Crippen molar-refractivity contribution in [3.8, 4) is 0 Å². The van der Waals surface area contributed by atoms with Crippen molar-refractivity contribution in [2.75, 3.05) is 7.11 Å². The molecule has 4 nitrogen and oxygen atoms in total. The van der Waals surface area contributed by atoms with Crippen LogP contribution < -0.4 is 5.32 Å². The van der Waals surface area contributed by atoms with Gasteiger partial charge in [-0.15, -0.1) is 0 Å². The molecule has 0 spiro atoms. The summed E-state index contributed by atoms with van der Waals surface area (Å²) in [4.78, 5) is 23.8. The maximum atomic E-state index is 12.2. The first-order chi connectivity index (χ1) is 8.86. The lowest BCUT2D eigenvalue weighted by molar-refractivity contribution is -0.144. The van der Waals surface area contributed by atoms with Crippen LogP contribution in [0.15, 0.2) is 22.7 Å². The van der Waals surface area contributed by atoms with Crippen LogP contribution >= 0.6 is 38.5 Å². The van der Waals surface area contributed by atoms with Gasteiger partial charge in [0.15, 0.2) is 0 Å². The van der Waals surface area contributed by atoms with E-state index >= 15 is 0 Å². The number of carbonyl (C=O) groups is 2. The number of carbonyl (C=O) groups excluding carboxylic acids is 2. The molecule has 19 heavy (non-hydrogen) atoms. The molecule has 0 bridgehead atoms. The highest BCUT2D eigenvalue weighted by molar-refractivity contribution is 14.1. The van der Waals surface area contributed by atoms with Crippen LogP contribution in [0.3, 0.4) is 0 Å². The Morgan fingerprint density at radius 2 is 2.00 bits per heavy atom. The molecule has 0 radical (unpaired) electrons. The second-order valence-corrected chi connectivity index (χ2v) is 6.44. The highest BCUT2D eigenvalue weighted by atomic mass is 127. The summed E-state index contributed by atoms with van der Waals surface area (Å²) in [6.45, 7) is 3.71. The maximum Gasteiger partial charge on any atom is 0.328 e. The Balaban J connectivity index is 2.94. The molecular formula is C13H15BrINO3. The summed E-state index contributed by atoms with van der Waals surface area (Å²) < 4.78 is 6.34. The molecular weight excluding hydrogens is 425 g/mol. The molecule has 0 aliphatic carbocycles. The van der Waals surface area contributed by atoms with Crippen molar-refractivity contribution >= 4 is 50.4 Å².